The number of anilines is 3. The first-order valence-corrected chi connectivity index (χ1v) is 7.99. The second-order valence-electron chi connectivity index (χ2n) is 8.13. The minimum atomic E-state index is -0.149. The van der Waals surface area contributed by atoms with Crippen LogP contribution in [0.1, 0.15) is 52.7 Å². The van der Waals surface area contributed by atoms with E-state index in [9.17, 15) is 5.11 Å². The van der Waals surface area contributed by atoms with Crippen molar-refractivity contribution in [3.63, 3.8) is 0 Å². The molecule has 0 saturated heterocycles. The van der Waals surface area contributed by atoms with Crippen molar-refractivity contribution in [1.82, 2.24) is 0 Å². The summed E-state index contributed by atoms with van der Waals surface area (Å²) >= 11 is 0. The minimum Gasteiger partial charge on any atom is -0.505 e. The number of aromatic hydroxyl groups is 1. The van der Waals surface area contributed by atoms with Gasteiger partial charge in [0.05, 0.1) is 17.1 Å². The SMILES string of the molecule is CC(C)(C)c1cc(Nc2ccccc2N)c(O)c(C(C)(C)C)c1.[Cu]. The summed E-state index contributed by atoms with van der Waals surface area (Å²) in [6.45, 7) is 12.8. The number of rotatable bonds is 2. The number of nitrogens with two attached hydrogens (primary N) is 1. The van der Waals surface area contributed by atoms with Crippen molar-refractivity contribution in [2.45, 2.75) is 52.4 Å². The van der Waals surface area contributed by atoms with E-state index in [2.05, 4.69) is 52.9 Å². The van der Waals surface area contributed by atoms with Gasteiger partial charge in [-0.15, -0.1) is 0 Å². The first kappa shape index (κ1) is 20.4. The van der Waals surface area contributed by atoms with Gasteiger partial charge < -0.3 is 16.2 Å². The number of hydrogen-bond acceptors (Lipinski definition) is 3. The van der Waals surface area contributed by atoms with Crippen LogP contribution in [0.4, 0.5) is 17.1 Å². The summed E-state index contributed by atoms with van der Waals surface area (Å²) in [7, 11) is 0. The Morgan fingerprint density at radius 3 is 1.96 bits per heavy atom. The van der Waals surface area contributed by atoms with Gasteiger partial charge in [-0.2, -0.15) is 0 Å². The molecule has 0 bridgehead atoms. The van der Waals surface area contributed by atoms with Crippen molar-refractivity contribution < 1.29 is 22.2 Å². The number of hydrogen-bond donors (Lipinski definition) is 3. The quantitative estimate of drug-likeness (QED) is 0.378. The van der Waals surface area contributed by atoms with Crippen LogP contribution in [0.15, 0.2) is 36.4 Å². The van der Waals surface area contributed by atoms with Gasteiger partial charge in [0.1, 0.15) is 5.75 Å². The Kier molecular flexibility index (Phi) is 6.02. The Bertz CT molecular complexity index is 713. The Hall–Kier alpha value is -1.64. The molecular weight excluding hydrogens is 348 g/mol. The first-order chi connectivity index (χ1) is 10.5. The van der Waals surface area contributed by atoms with Crippen LogP contribution in [0.25, 0.3) is 0 Å². The third-order valence-electron chi connectivity index (χ3n) is 4.01. The molecule has 1 radical (unpaired) electrons. The number of phenols is 1. The molecule has 3 nitrogen and oxygen atoms in total. The van der Waals surface area contributed by atoms with Gasteiger partial charge in [-0.3, -0.25) is 0 Å². The fraction of sp³-hybridized carbons (Fsp3) is 0.400. The first-order valence-electron chi connectivity index (χ1n) is 7.99. The van der Waals surface area contributed by atoms with Crippen LogP contribution < -0.4 is 11.1 Å². The molecule has 0 spiro atoms. The average Bonchev–Trinajstić information content (AvgIpc) is 2.40. The van der Waals surface area contributed by atoms with Crippen LogP contribution in [0.3, 0.4) is 0 Å². The number of para-hydroxylation sites is 2. The summed E-state index contributed by atoms with van der Waals surface area (Å²) in [5, 5.41) is 14.1. The third-order valence-corrected chi connectivity index (χ3v) is 4.01. The molecule has 2 rings (SSSR count). The smallest absolute Gasteiger partial charge is 0.142 e. The summed E-state index contributed by atoms with van der Waals surface area (Å²) in [5.41, 5.74) is 10.1. The van der Waals surface area contributed by atoms with E-state index >= 15 is 0 Å². The summed E-state index contributed by atoms with van der Waals surface area (Å²) in [5.74, 6) is 0.286. The van der Waals surface area contributed by atoms with Crippen molar-refractivity contribution in [3.8, 4) is 5.75 Å². The van der Waals surface area contributed by atoms with E-state index in [-0.39, 0.29) is 33.6 Å². The molecule has 0 fully saturated rings. The van der Waals surface area contributed by atoms with Crippen LogP contribution in [-0.4, -0.2) is 5.11 Å². The van der Waals surface area contributed by atoms with Crippen LogP contribution >= 0.6 is 0 Å². The Labute approximate surface area is 156 Å². The topological polar surface area (TPSA) is 58.3 Å². The van der Waals surface area contributed by atoms with Crippen LogP contribution in [0, 0.1) is 0 Å². The molecule has 4 heteroatoms. The van der Waals surface area contributed by atoms with Gasteiger partial charge in [-0.05, 0) is 34.6 Å². The molecule has 0 aromatic heterocycles. The van der Waals surface area contributed by atoms with E-state index in [1.165, 1.54) is 5.56 Å². The number of benzene rings is 2. The molecule has 0 aliphatic rings. The van der Waals surface area contributed by atoms with Crippen molar-refractivity contribution in [3.05, 3.63) is 47.5 Å². The van der Waals surface area contributed by atoms with E-state index in [4.69, 9.17) is 5.73 Å². The second-order valence-corrected chi connectivity index (χ2v) is 8.13. The fourth-order valence-corrected chi connectivity index (χ4v) is 2.49. The number of phenolic OH excluding ortho intramolecular Hbond substituents is 1. The molecule has 0 saturated carbocycles. The van der Waals surface area contributed by atoms with E-state index in [1.807, 2.05) is 30.3 Å². The maximum absolute atomic E-state index is 10.8. The summed E-state index contributed by atoms with van der Waals surface area (Å²) in [6.07, 6.45) is 0. The standard InChI is InChI=1S/C20H28N2O.Cu/c1-19(2,3)13-11-14(20(4,5)6)18(23)17(12-13)22-16-10-8-7-9-15(16)21;/h7-12,22-23H,21H2,1-6H3;. The maximum atomic E-state index is 10.8. The Balaban J connectivity index is 0.00000288. The third kappa shape index (κ3) is 4.46. The van der Waals surface area contributed by atoms with E-state index < -0.39 is 0 Å². The normalized spacial score (nSPS) is 11.8. The largest absolute Gasteiger partial charge is 0.505 e. The average molecular weight is 376 g/mol. The second kappa shape index (κ2) is 7.08. The monoisotopic (exact) mass is 375 g/mol. The predicted octanol–water partition coefficient (Wildman–Crippen LogP) is 5.31. The zero-order chi connectivity index (χ0) is 17.4. The summed E-state index contributed by atoms with van der Waals surface area (Å²) in [6, 6.07) is 11.7. The van der Waals surface area contributed by atoms with E-state index in [1.54, 1.807) is 0 Å². The molecule has 24 heavy (non-hydrogen) atoms. The van der Waals surface area contributed by atoms with Crippen molar-refractivity contribution in [1.29, 1.82) is 0 Å². The van der Waals surface area contributed by atoms with Crippen molar-refractivity contribution in [2.24, 2.45) is 0 Å². The van der Waals surface area contributed by atoms with Gasteiger partial charge >= 0.3 is 0 Å². The number of nitrogen functional groups attached to an aromatic ring is 1. The predicted molar refractivity (Wildman–Crippen MR) is 99.6 cm³/mol. The van der Waals surface area contributed by atoms with Crippen LogP contribution in [0.5, 0.6) is 5.75 Å². The van der Waals surface area contributed by atoms with Crippen molar-refractivity contribution >= 4 is 17.1 Å². The Morgan fingerprint density at radius 1 is 0.875 bits per heavy atom. The minimum absolute atomic E-state index is 0. The number of nitrogens with one attached hydrogen (secondary N) is 1. The molecule has 0 amide bonds. The summed E-state index contributed by atoms with van der Waals surface area (Å²) < 4.78 is 0. The van der Waals surface area contributed by atoms with Gasteiger partial charge in [0.2, 0.25) is 0 Å². The molecule has 0 aliphatic heterocycles. The van der Waals surface area contributed by atoms with Gasteiger partial charge in [0.15, 0.2) is 0 Å². The maximum Gasteiger partial charge on any atom is 0.142 e. The molecule has 2 aromatic rings. The van der Waals surface area contributed by atoms with Gasteiger partial charge in [0.25, 0.3) is 0 Å². The van der Waals surface area contributed by atoms with E-state index in [0.29, 0.717) is 11.4 Å². The molecule has 4 N–H and O–H groups in total. The van der Waals surface area contributed by atoms with Gasteiger partial charge in [0, 0.05) is 22.6 Å². The molecule has 0 unspecified atom stereocenters. The molecule has 0 atom stereocenters. The zero-order valence-corrected chi connectivity index (χ0v) is 16.2. The van der Waals surface area contributed by atoms with Crippen LogP contribution in [-0.2, 0) is 27.9 Å². The van der Waals surface area contributed by atoms with E-state index in [0.717, 1.165) is 11.3 Å². The fourth-order valence-electron chi connectivity index (χ4n) is 2.49. The Morgan fingerprint density at radius 2 is 1.46 bits per heavy atom. The molecule has 135 valence electrons. The van der Waals surface area contributed by atoms with Gasteiger partial charge in [-0.25, -0.2) is 0 Å². The molecule has 0 aliphatic carbocycles. The molecule has 0 heterocycles. The van der Waals surface area contributed by atoms with Crippen molar-refractivity contribution in [2.75, 3.05) is 11.1 Å². The molecule has 2 aromatic carbocycles. The van der Waals surface area contributed by atoms with Gasteiger partial charge in [-0.1, -0.05) is 59.7 Å². The summed E-state index contributed by atoms with van der Waals surface area (Å²) in [4.78, 5) is 0. The molecular formula is C20H28CuN2O. The zero-order valence-electron chi connectivity index (χ0n) is 15.3. The van der Waals surface area contributed by atoms with Crippen LogP contribution in [0.2, 0.25) is 0 Å².